The van der Waals surface area contributed by atoms with Crippen LogP contribution in [0.5, 0.6) is 17.2 Å². The molecule has 0 radical (unpaired) electrons. The number of benzene rings is 1. The molecule has 1 aromatic carbocycles. The molecule has 6 aliphatic rings. The lowest BCUT2D eigenvalue weighted by Gasteiger charge is -2.46. The zero-order chi connectivity index (χ0) is 66.8. The average Bonchev–Trinajstić information content (AvgIpc) is 0.803. The van der Waals surface area contributed by atoms with Crippen molar-refractivity contribution < 1.29 is 106 Å². The van der Waals surface area contributed by atoms with Crippen molar-refractivity contribution in [1.82, 2.24) is 21.0 Å². The van der Waals surface area contributed by atoms with Crippen LogP contribution in [0.1, 0.15) is 83.1 Å². The molecule has 30 heteroatoms. The lowest BCUT2D eigenvalue weighted by Crippen LogP contribution is -2.65. The summed E-state index contributed by atoms with van der Waals surface area (Å²) in [6.45, 7) is 13.2. The molecular weight excluding hydrogens is 1360 g/mol. The summed E-state index contributed by atoms with van der Waals surface area (Å²) in [7, 11) is 13.0. The first kappa shape index (κ1) is 74.6. The van der Waals surface area contributed by atoms with Gasteiger partial charge in [0.1, 0.15) is 36.6 Å². The van der Waals surface area contributed by atoms with E-state index in [2.05, 4.69) is 39.8 Å². The van der Waals surface area contributed by atoms with Crippen LogP contribution in [-0.2, 0) is 57.1 Å². The van der Waals surface area contributed by atoms with Crippen molar-refractivity contribution >= 4 is 78.8 Å². The molecule has 0 spiro atoms. The van der Waals surface area contributed by atoms with Crippen LogP contribution < -0.4 is 30.3 Å². The normalized spacial score (nSPS) is 34.2. The second-order valence-corrected chi connectivity index (χ2v) is 28.4. The predicted octanol–water partition coefficient (Wildman–Crippen LogP) is 3.18. The first-order valence-corrected chi connectivity index (χ1v) is 33.8. The molecule has 4 fully saturated rings. The molecule has 4 aliphatic heterocycles. The number of ether oxygens (including phenoxy) is 12. The zero-order valence-corrected chi connectivity index (χ0v) is 57.9. The number of halogens is 1. The van der Waals surface area contributed by atoms with Gasteiger partial charge < -0.3 is 92.6 Å². The van der Waals surface area contributed by atoms with Crippen LogP contribution in [0, 0.1) is 34.2 Å². The van der Waals surface area contributed by atoms with Gasteiger partial charge in [-0.2, -0.15) is 5.48 Å². The fourth-order valence-corrected chi connectivity index (χ4v) is 15.3. The van der Waals surface area contributed by atoms with Crippen LogP contribution in [0.4, 0.5) is 4.79 Å². The highest BCUT2D eigenvalue weighted by atomic mass is 127. The molecular formula is C61H85IN4O22S3. The number of nitrogens with one attached hydrogen (secondary N) is 3. The summed E-state index contributed by atoms with van der Waals surface area (Å²) in [5.74, 6) is 11.1. The number of aliphatic hydroxyl groups excluding tert-OH is 4. The molecule has 91 heavy (non-hydrogen) atoms. The highest BCUT2D eigenvalue weighted by molar-refractivity contribution is 14.1. The van der Waals surface area contributed by atoms with Crippen molar-refractivity contribution in [2.45, 2.75) is 194 Å². The predicted molar refractivity (Wildman–Crippen MR) is 344 cm³/mol. The Labute approximate surface area is 556 Å². The number of fused-ring (bicyclic) bond motifs is 2. The average molecular weight is 1450 g/mol. The summed E-state index contributed by atoms with van der Waals surface area (Å²) in [5, 5.41) is 63.1. The maximum absolute atomic E-state index is 14.5. The lowest BCUT2D eigenvalue weighted by molar-refractivity contribution is -0.336. The Balaban J connectivity index is 1.13. The van der Waals surface area contributed by atoms with Crippen LogP contribution in [-0.4, -0.2) is 242 Å². The SMILES string of the molecule is CCN[C@H]1CO[C@@H](O[C@H]2[C@H](O[C@H]3C#C/C=C\C#C[C@]4(O)CC(=O)C(NC(=O)OC)=C3/C4=C\CSSC(C)(C)CC(=O)N(C)C)O[C@H](C)[C@@H](NO[C@H]3C[C@H](O)[C@H](SC(=O)c4c(C)c(I)c(O[C@@H]5O[C@@H](C)[C@H](O)[C@@H](OC)[C@H]5O)c(OC)c4OC)[C@@H](C)O3)[C@@H]2O)C[C@@H]1OC. The van der Waals surface area contributed by atoms with E-state index >= 15 is 0 Å². The number of alkyl carbamates (subject to hydrolysis) is 1. The van der Waals surface area contributed by atoms with Crippen LogP contribution >= 0.6 is 55.9 Å². The molecule has 2 bridgehead atoms. The van der Waals surface area contributed by atoms with Crippen molar-refractivity contribution in [3.63, 3.8) is 0 Å². The number of rotatable bonds is 24. The molecule has 4 heterocycles. The molecule has 4 saturated heterocycles. The van der Waals surface area contributed by atoms with Crippen molar-refractivity contribution in [3.05, 3.63) is 49.8 Å². The zero-order valence-electron chi connectivity index (χ0n) is 53.3. The summed E-state index contributed by atoms with van der Waals surface area (Å²) >= 11 is 2.81. The van der Waals surface area contributed by atoms with E-state index in [0.29, 0.717) is 15.7 Å². The van der Waals surface area contributed by atoms with Crippen LogP contribution in [0.3, 0.4) is 0 Å². The quantitative estimate of drug-likeness (QED) is 0.0242. The summed E-state index contributed by atoms with van der Waals surface area (Å²) in [6, 6.07) is -1.32. The summed E-state index contributed by atoms with van der Waals surface area (Å²) in [4.78, 5) is 62.2. The monoisotopic (exact) mass is 1450 g/mol. The van der Waals surface area contributed by atoms with E-state index in [1.807, 2.05) is 43.4 Å². The van der Waals surface area contributed by atoms with Gasteiger partial charge in [-0.15, -0.1) is 0 Å². The molecule has 0 aromatic heterocycles. The molecule has 7 rings (SSSR count). The second-order valence-electron chi connectivity index (χ2n) is 23.1. The van der Waals surface area contributed by atoms with Gasteiger partial charge in [0.15, 0.2) is 41.8 Å². The van der Waals surface area contributed by atoms with Gasteiger partial charge in [-0.1, -0.05) is 70.0 Å². The third kappa shape index (κ3) is 17.8. The summed E-state index contributed by atoms with van der Waals surface area (Å²) in [5.41, 5.74) is 1.03. The number of allylic oxidation sites excluding steroid dienone is 3. The second kappa shape index (κ2) is 33.2. The molecule has 2 amide bonds. The number of amides is 2. The first-order chi connectivity index (χ1) is 43.2. The number of hydroxylamine groups is 1. The Morgan fingerprint density at radius 1 is 0.879 bits per heavy atom. The van der Waals surface area contributed by atoms with Crippen LogP contribution in [0.15, 0.2) is 35.1 Å². The number of likely N-dealkylation sites (N-methyl/N-ethyl adjacent to an activating group) is 1. The molecule has 26 nitrogen and oxygen atoms in total. The molecule has 2 aliphatic carbocycles. The Hall–Kier alpha value is -3.82. The van der Waals surface area contributed by atoms with Crippen LogP contribution in [0.2, 0.25) is 0 Å². The minimum Gasteiger partial charge on any atom is -0.492 e. The number of aliphatic hydroxyl groups is 5. The van der Waals surface area contributed by atoms with Crippen LogP contribution in [0.25, 0.3) is 0 Å². The van der Waals surface area contributed by atoms with E-state index in [-0.39, 0.29) is 83.2 Å². The molecule has 8 N–H and O–H groups in total. The standard InChI is InChI=1S/C61H85IN4O22S3/c1-15-63-34-28-81-40(25-38(34)76-10)86-53-48(71)45(65-88-41-24-35(67)55(32(5)82-41)90-56(73)42-29(2)44(62)51(54(79-13)50(42)77-11)87-57-49(72)52(78-12)47(70)31(4)84-57)30(3)83-58(53)85-37-20-18-16-17-19-22-61(75)26-36(68)46(64-59(74)80-14)43(37)33(61)21-23-89-91-60(6,7)27-39(69)66(8)9/h16-17,21,30-32,34-35,37-38,40-41,45,47-49,52-53,55,57-58,63,65,67,70-72,75H,15,23-28H2,1-14H3,(H,64,74)/b17-16-,33-21+/t30-,31+,32-,34+,35+,37+,38+,40+,41+,45-,47+,48+,49-,52-,53-,55-,57+,58+,61+/m1/s1. The van der Waals surface area contributed by atoms with Crippen molar-refractivity contribution in [3.8, 4) is 40.9 Å². The number of hydrogen-bond donors (Lipinski definition) is 8. The van der Waals surface area contributed by atoms with Crippen molar-refractivity contribution in [2.24, 2.45) is 0 Å². The summed E-state index contributed by atoms with van der Waals surface area (Å²) in [6.07, 6.45) is -14.1. The number of methoxy groups -OCH3 is 5. The maximum atomic E-state index is 14.5. The van der Waals surface area contributed by atoms with E-state index in [1.54, 1.807) is 55.0 Å². The Morgan fingerprint density at radius 3 is 2.23 bits per heavy atom. The van der Waals surface area contributed by atoms with Gasteiger partial charge in [0.25, 0.3) is 0 Å². The van der Waals surface area contributed by atoms with Gasteiger partial charge in [-0.05, 0) is 88.4 Å². The van der Waals surface area contributed by atoms with E-state index in [1.165, 1.54) is 60.0 Å². The van der Waals surface area contributed by atoms with E-state index in [4.69, 9.17) is 61.7 Å². The van der Waals surface area contributed by atoms with Gasteiger partial charge in [0.05, 0.1) is 97.0 Å². The van der Waals surface area contributed by atoms with Crippen molar-refractivity contribution in [2.75, 3.05) is 68.5 Å². The molecule has 1 aromatic rings. The molecule has 19 atom stereocenters. The van der Waals surface area contributed by atoms with Gasteiger partial charge >= 0.3 is 6.09 Å². The number of carbonyl (C=O) groups excluding carboxylic acids is 4. The fraction of sp³-hybridized carbons (Fsp3) is 0.672. The lowest BCUT2D eigenvalue weighted by atomic mass is 9.75. The van der Waals surface area contributed by atoms with Gasteiger partial charge in [0, 0.05) is 69.2 Å². The van der Waals surface area contributed by atoms with E-state index in [9.17, 15) is 44.7 Å². The Kier molecular flexibility index (Phi) is 27.2. The maximum Gasteiger partial charge on any atom is 0.411 e. The minimum atomic E-state index is -2.14. The first-order valence-electron chi connectivity index (χ1n) is 29.5. The highest BCUT2D eigenvalue weighted by Gasteiger charge is 2.52. The fourth-order valence-electron chi connectivity index (χ4n) is 11.2. The number of carbonyl (C=O) groups is 4. The summed E-state index contributed by atoms with van der Waals surface area (Å²) < 4.78 is 72.3. The third-order valence-corrected chi connectivity index (χ3v) is 21.8. The molecule has 506 valence electrons. The molecule has 0 unspecified atom stereocenters. The number of thioether (sulfide) groups is 1. The van der Waals surface area contributed by atoms with Crippen molar-refractivity contribution in [1.29, 1.82) is 0 Å². The number of nitrogens with zero attached hydrogens (tertiary/aromatic N) is 1. The van der Waals surface area contributed by atoms with Gasteiger partial charge in [-0.3, -0.25) is 24.5 Å². The molecule has 0 saturated carbocycles. The van der Waals surface area contributed by atoms with Gasteiger partial charge in [0.2, 0.25) is 23.1 Å². The smallest absolute Gasteiger partial charge is 0.411 e. The largest absolute Gasteiger partial charge is 0.492 e. The van der Waals surface area contributed by atoms with E-state index in [0.717, 1.165) is 18.9 Å². The minimum absolute atomic E-state index is 0.0181. The Bertz CT molecular complexity index is 2980. The topological polar surface area (TPSA) is 329 Å². The number of ketones is 1. The van der Waals surface area contributed by atoms with E-state index < -0.39 is 137 Å². The number of hydrogen-bond acceptors (Lipinski definition) is 27. The third-order valence-electron chi connectivity index (χ3n) is 16.0. The highest BCUT2D eigenvalue weighted by Crippen LogP contribution is 2.49. The van der Waals surface area contributed by atoms with Gasteiger partial charge in [-0.25, -0.2) is 4.79 Å². The number of Topliss-reactive ketones (excluding diaryl/α,β-unsaturated/α-hetero) is 1. The Morgan fingerprint density at radius 2 is 1.58 bits per heavy atom.